The van der Waals surface area contributed by atoms with Crippen molar-refractivity contribution < 1.29 is 4.52 Å². The summed E-state index contributed by atoms with van der Waals surface area (Å²) in [4.78, 5) is 11.4. The smallest absolute Gasteiger partial charge is 0.321 e. The third-order valence-corrected chi connectivity index (χ3v) is 3.65. The molecule has 6 heteroatoms. The van der Waals surface area contributed by atoms with Crippen molar-refractivity contribution in [2.45, 2.75) is 18.5 Å². The molecule has 1 aliphatic rings. The second kappa shape index (κ2) is 3.82. The lowest BCUT2D eigenvalue weighted by atomic mass is 9.94. The second-order valence-electron chi connectivity index (χ2n) is 4.10. The lowest BCUT2D eigenvalue weighted by molar-refractivity contribution is 0.355. The Balaban J connectivity index is 1.98. The summed E-state index contributed by atoms with van der Waals surface area (Å²) >= 11 is 3.39. The van der Waals surface area contributed by atoms with Gasteiger partial charge in [0.25, 0.3) is 0 Å². The molecule has 88 valence electrons. The molecule has 5 nitrogen and oxygen atoms in total. The normalized spacial score (nSPS) is 22.7. The maximum atomic E-state index is 11.4. The molecule has 0 amide bonds. The van der Waals surface area contributed by atoms with Crippen LogP contribution in [0, 0.1) is 0 Å². The summed E-state index contributed by atoms with van der Waals surface area (Å²) in [7, 11) is 0. The monoisotopic (exact) mass is 295 g/mol. The summed E-state index contributed by atoms with van der Waals surface area (Å²) in [5.74, 6) is 0.174. The number of hydrogen-bond acceptors (Lipinski definition) is 4. The third kappa shape index (κ3) is 1.64. The lowest BCUT2D eigenvalue weighted by Gasteiger charge is -2.14. The quantitative estimate of drug-likeness (QED) is 0.863. The number of fused-ring (bicyclic) bond motifs is 1. The molecular weight excluding hydrogens is 286 g/mol. The van der Waals surface area contributed by atoms with Crippen LogP contribution in [0.15, 0.2) is 38.1 Å². The van der Waals surface area contributed by atoms with Crippen molar-refractivity contribution in [3.8, 4) is 0 Å². The number of nitrogens with zero attached hydrogens (tertiary/aromatic N) is 2. The van der Waals surface area contributed by atoms with E-state index >= 15 is 0 Å². The summed E-state index contributed by atoms with van der Waals surface area (Å²) in [5.41, 5.74) is 7.18. The molecular formula is C11H10BrN3O2. The Bertz CT molecular complexity index is 602. The van der Waals surface area contributed by atoms with Gasteiger partial charge < -0.3 is 5.73 Å². The van der Waals surface area contributed by atoms with Gasteiger partial charge in [-0.25, -0.2) is 4.79 Å². The van der Waals surface area contributed by atoms with Gasteiger partial charge in [0.2, 0.25) is 0 Å². The van der Waals surface area contributed by atoms with E-state index in [0.717, 1.165) is 10.0 Å². The Morgan fingerprint density at radius 1 is 1.41 bits per heavy atom. The van der Waals surface area contributed by atoms with Gasteiger partial charge in [0.1, 0.15) is 0 Å². The molecule has 0 saturated heterocycles. The highest BCUT2D eigenvalue weighted by Crippen LogP contribution is 2.35. The molecule has 17 heavy (non-hydrogen) atoms. The van der Waals surface area contributed by atoms with Gasteiger partial charge in [0.15, 0.2) is 5.82 Å². The van der Waals surface area contributed by atoms with Gasteiger partial charge in [-0.2, -0.15) is 0 Å². The van der Waals surface area contributed by atoms with Crippen LogP contribution < -0.4 is 11.5 Å². The van der Waals surface area contributed by atoms with Gasteiger partial charge in [-0.05, 0) is 17.7 Å². The average Bonchev–Trinajstić information content (AvgIpc) is 2.83. The molecule has 3 rings (SSSR count). The first-order valence-electron chi connectivity index (χ1n) is 5.24. The Morgan fingerprint density at radius 3 is 2.76 bits per heavy atom. The Hall–Kier alpha value is -1.40. The third-order valence-electron chi connectivity index (χ3n) is 3.12. The van der Waals surface area contributed by atoms with Crippen molar-refractivity contribution in [2.75, 3.05) is 0 Å². The zero-order valence-electron chi connectivity index (χ0n) is 8.84. The highest BCUT2D eigenvalue weighted by molar-refractivity contribution is 9.10. The van der Waals surface area contributed by atoms with Crippen LogP contribution in [0.3, 0.4) is 0 Å². The minimum Gasteiger partial charge on any atom is -0.321 e. The number of halogens is 1. The Morgan fingerprint density at radius 2 is 2.12 bits per heavy atom. The molecule has 1 aromatic heterocycles. The van der Waals surface area contributed by atoms with Crippen LogP contribution in [0.4, 0.5) is 0 Å². The summed E-state index contributed by atoms with van der Waals surface area (Å²) in [6, 6.07) is 7.64. The predicted molar refractivity (Wildman–Crippen MR) is 64.6 cm³/mol. The topological polar surface area (TPSA) is 74.1 Å². The van der Waals surface area contributed by atoms with Crippen molar-refractivity contribution in [3.63, 3.8) is 0 Å². The molecule has 0 spiro atoms. The number of aromatic nitrogens is 2. The number of benzene rings is 1. The number of nitrogens with two attached hydrogens (primary N) is 1. The van der Waals surface area contributed by atoms with E-state index in [0.29, 0.717) is 12.4 Å². The maximum absolute atomic E-state index is 11.4. The molecule has 1 aliphatic heterocycles. The van der Waals surface area contributed by atoms with E-state index in [1.807, 2.05) is 24.3 Å². The molecule has 2 atom stereocenters. The average molecular weight is 296 g/mol. The van der Waals surface area contributed by atoms with E-state index < -0.39 is 5.76 Å². The fraction of sp³-hybridized carbons (Fsp3) is 0.273. The van der Waals surface area contributed by atoms with Gasteiger partial charge in [0, 0.05) is 16.9 Å². The number of rotatable bonds is 1. The minimum absolute atomic E-state index is 0.0784. The Labute approximate surface area is 105 Å². The zero-order valence-corrected chi connectivity index (χ0v) is 10.4. The van der Waals surface area contributed by atoms with Gasteiger partial charge >= 0.3 is 5.76 Å². The second-order valence-corrected chi connectivity index (χ2v) is 5.02. The molecule has 0 radical (unpaired) electrons. The predicted octanol–water partition coefficient (Wildman–Crippen LogP) is 1.40. The van der Waals surface area contributed by atoms with Gasteiger partial charge in [-0.1, -0.05) is 33.2 Å². The van der Waals surface area contributed by atoms with Crippen molar-refractivity contribution in [2.24, 2.45) is 5.73 Å². The first-order valence-corrected chi connectivity index (χ1v) is 6.03. The molecule has 2 N–H and O–H groups in total. The van der Waals surface area contributed by atoms with Gasteiger partial charge in [-0.15, -0.1) is 0 Å². The highest BCUT2D eigenvalue weighted by Gasteiger charge is 2.35. The zero-order chi connectivity index (χ0) is 12.0. The van der Waals surface area contributed by atoms with Crippen LogP contribution in [0.1, 0.15) is 23.3 Å². The molecule has 0 unspecified atom stereocenters. The van der Waals surface area contributed by atoms with E-state index in [1.54, 1.807) is 0 Å². The lowest BCUT2D eigenvalue weighted by Crippen LogP contribution is -2.16. The van der Waals surface area contributed by atoms with Crippen molar-refractivity contribution >= 4 is 15.9 Å². The first-order chi connectivity index (χ1) is 8.16. The van der Waals surface area contributed by atoms with Gasteiger partial charge in [-0.3, -0.25) is 9.09 Å². The van der Waals surface area contributed by atoms with Crippen LogP contribution in [0.5, 0.6) is 0 Å². The van der Waals surface area contributed by atoms with Crippen molar-refractivity contribution in [3.05, 3.63) is 50.7 Å². The molecule has 0 bridgehead atoms. The molecule has 0 saturated carbocycles. The fourth-order valence-corrected chi connectivity index (χ4v) is 2.46. The molecule has 2 aromatic rings. The van der Waals surface area contributed by atoms with E-state index in [-0.39, 0.29) is 12.0 Å². The maximum Gasteiger partial charge on any atom is 0.441 e. The van der Waals surface area contributed by atoms with Crippen LogP contribution in [0.25, 0.3) is 0 Å². The summed E-state index contributed by atoms with van der Waals surface area (Å²) in [6.45, 7) is 0.528. The van der Waals surface area contributed by atoms with Crippen molar-refractivity contribution in [1.82, 2.24) is 9.72 Å². The molecule has 2 heterocycles. The first kappa shape index (κ1) is 10.7. The minimum atomic E-state index is -0.435. The van der Waals surface area contributed by atoms with Gasteiger partial charge in [0.05, 0.1) is 6.04 Å². The summed E-state index contributed by atoms with van der Waals surface area (Å²) in [5, 5.41) is 3.71. The van der Waals surface area contributed by atoms with Crippen LogP contribution >= 0.6 is 15.9 Å². The number of hydrogen-bond donors (Lipinski definition) is 1. The van der Waals surface area contributed by atoms with E-state index in [1.165, 1.54) is 4.57 Å². The largest absolute Gasteiger partial charge is 0.441 e. The Kier molecular flexibility index (Phi) is 2.41. The highest BCUT2D eigenvalue weighted by atomic mass is 79.9. The van der Waals surface area contributed by atoms with E-state index in [9.17, 15) is 4.79 Å². The fourth-order valence-electron chi connectivity index (χ4n) is 2.20. The molecule has 1 aromatic carbocycles. The summed E-state index contributed by atoms with van der Waals surface area (Å²) < 4.78 is 7.10. The summed E-state index contributed by atoms with van der Waals surface area (Å²) in [6.07, 6.45) is 0. The SMILES string of the molecule is N[C@@H]1c2noc(=O)n2C[C@H]1c1ccc(Br)cc1. The van der Waals surface area contributed by atoms with Crippen LogP contribution in [-0.4, -0.2) is 9.72 Å². The van der Waals surface area contributed by atoms with Crippen LogP contribution in [-0.2, 0) is 6.54 Å². The van der Waals surface area contributed by atoms with Crippen LogP contribution in [0.2, 0.25) is 0 Å². The molecule has 0 fully saturated rings. The van der Waals surface area contributed by atoms with E-state index in [4.69, 9.17) is 5.73 Å². The molecule has 0 aliphatic carbocycles. The standard InChI is InChI=1S/C11H10BrN3O2/c12-7-3-1-6(2-4-7)8-5-15-10(9(8)13)14-17-11(15)16/h1-4,8-9H,5,13H2/t8-,9-/m0/s1. The van der Waals surface area contributed by atoms with Crippen molar-refractivity contribution in [1.29, 1.82) is 0 Å². The van der Waals surface area contributed by atoms with E-state index in [2.05, 4.69) is 25.6 Å².